The molecule has 1 aromatic heterocycles. The van der Waals surface area contributed by atoms with Crippen molar-refractivity contribution in [3.8, 4) is 0 Å². The number of H-pyrrole nitrogens is 1. The molecule has 0 unspecified atom stereocenters. The molecule has 2 heteroatoms. The van der Waals surface area contributed by atoms with Crippen molar-refractivity contribution in [2.24, 2.45) is 0 Å². The number of aromatic amines is 1. The Balaban J connectivity index is 2.47. The monoisotopic (exact) mass is 159 g/mol. The Kier molecular flexibility index (Phi) is 1.84. The van der Waals surface area contributed by atoms with Crippen molar-refractivity contribution in [2.75, 3.05) is 0 Å². The zero-order valence-corrected chi connectivity index (χ0v) is 6.80. The van der Waals surface area contributed by atoms with E-state index in [1.54, 1.807) is 0 Å². The molecule has 1 aromatic carbocycles. The molecule has 0 spiro atoms. The van der Waals surface area contributed by atoms with E-state index in [-0.39, 0.29) is 0 Å². The molecule has 1 heterocycles. The molecule has 12 heavy (non-hydrogen) atoms. The lowest BCUT2D eigenvalue weighted by Gasteiger charge is -1.91. The third-order valence-electron chi connectivity index (χ3n) is 1.90. The first-order chi connectivity index (χ1) is 5.90. The highest BCUT2D eigenvalue weighted by molar-refractivity contribution is 5.80. The first kappa shape index (κ1) is 7.37. The van der Waals surface area contributed by atoms with Gasteiger partial charge in [-0.3, -0.25) is 0 Å². The summed E-state index contributed by atoms with van der Waals surface area (Å²) in [5.74, 6) is 0. The van der Waals surface area contributed by atoms with Gasteiger partial charge in [-0.1, -0.05) is 18.2 Å². The number of fused-ring (bicyclic) bond motifs is 1. The van der Waals surface area contributed by atoms with E-state index in [4.69, 9.17) is 0 Å². The molecule has 2 nitrogen and oxygen atoms in total. The van der Waals surface area contributed by atoms with E-state index < -0.39 is 0 Å². The number of nitrogens with one attached hydrogen (secondary N) is 2. The van der Waals surface area contributed by atoms with Gasteiger partial charge in [-0.25, -0.2) is 0 Å². The van der Waals surface area contributed by atoms with Crippen molar-refractivity contribution in [2.45, 2.75) is 6.54 Å². The molecule has 0 saturated heterocycles. The minimum Gasteiger partial charge on any atom is -0.357 e. The van der Waals surface area contributed by atoms with Crippen molar-refractivity contribution < 1.29 is 0 Å². The molecule has 2 rings (SSSR count). The first-order valence-electron chi connectivity index (χ1n) is 3.97. The van der Waals surface area contributed by atoms with Crippen LogP contribution in [0.1, 0.15) is 5.69 Å². The largest absolute Gasteiger partial charge is 0.357 e. The van der Waals surface area contributed by atoms with Crippen LogP contribution in [0.25, 0.3) is 10.9 Å². The van der Waals surface area contributed by atoms with Crippen molar-refractivity contribution >= 4 is 10.9 Å². The second-order valence-corrected chi connectivity index (χ2v) is 2.81. The van der Waals surface area contributed by atoms with Crippen LogP contribution in [0.3, 0.4) is 0 Å². The number of hydrogen-bond donors (Lipinski definition) is 2. The van der Waals surface area contributed by atoms with Crippen LogP contribution >= 0.6 is 0 Å². The number of para-hydroxylation sites is 1. The number of rotatable bonds is 2. The van der Waals surface area contributed by atoms with Crippen molar-refractivity contribution in [1.82, 2.24) is 10.3 Å². The summed E-state index contributed by atoms with van der Waals surface area (Å²) in [7, 11) is 3.58. The van der Waals surface area contributed by atoms with Crippen LogP contribution in [0.5, 0.6) is 0 Å². The minimum atomic E-state index is 0.786. The van der Waals surface area contributed by atoms with Crippen LogP contribution < -0.4 is 5.32 Å². The van der Waals surface area contributed by atoms with E-state index >= 15 is 0 Å². The maximum Gasteiger partial charge on any atom is 0.0456 e. The fourth-order valence-electron chi connectivity index (χ4n) is 1.36. The van der Waals surface area contributed by atoms with E-state index in [9.17, 15) is 0 Å². The first-order valence-corrected chi connectivity index (χ1v) is 3.97. The van der Waals surface area contributed by atoms with Gasteiger partial charge in [-0.05, 0) is 17.5 Å². The Labute approximate surface area is 71.6 Å². The summed E-state index contributed by atoms with van der Waals surface area (Å²) >= 11 is 0. The van der Waals surface area contributed by atoms with E-state index in [0.717, 1.165) is 6.54 Å². The molecule has 0 aliphatic carbocycles. The Bertz CT molecular complexity index is 343. The Morgan fingerprint density at radius 3 is 2.92 bits per heavy atom. The van der Waals surface area contributed by atoms with Crippen LogP contribution in [0.4, 0.5) is 0 Å². The van der Waals surface area contributed by atoms with Gasteiger partial charge >= 0.3 is 0 Å². The average Bonchev–Trinajstić information content (AvgIpc) is 2.47. The van der Waals surface area contributed by atoms with Crippen molar-refractivity contribution in [3.63, 3.8) is 0 Å². The van der Waals surface area contributed by atoms with Gasteiger partial charge in [-0.2, -0.15) is 0 Å². The molecule has 1 radical (unpaired) electrons. The van der Waals surface area contributed by atoms with E-state index in [1.165, 1.54) is 16.6 Å². The molecule has 0 atom stereocenters. The van der Waals surface area contributed by atoms with Gasteiger partial charge in [-0.15, -0.1) is 0 Å². The standard InChI is InChI=1S/C10H11N2/c1-11-7-9-6-8-4-2-3-5-10(8)12-9/h2-6,11-12H,1,7H2. The molecule has 2 N–H and O–H groups in total. The lowest BCUT2D eigenvalue weighted by Crippen LogP contribution is -2.01. The van der Waals surface area contributed by atoms with Gasteiger partial charge < -0.3 is 10.3 Å². The molecular formula is C10H11N2. The summed E-state index contributed by atoms with van der Waals surface area (Å²) in [6, 6.07) is 10.4. The number of aromatic nitrogens is 1. The fraction of sp³-hybridized carbons (Fsp3) is 0.100. The van der Waals surface area contributed by atoms with Crippen LogP contribution in [-0.2, 0) is 6.54 Å². The lowest BCUT2D eigenvalue weighted by molar-refractivity contribution is 0.844. The quantitative estimate of drug-likeness (QED) is 0.689. The molecule has 0 aliphatic rings. The molecule has 0 saturated carbocycles. The highest BCUT2D eigenvalue weighted by Crippen LogP contribution is 2.13. The Morgan fingerprint density at radius 2 is 2.17 bits per heavy atom. The van der Waals surface area contributed by atoms with Gasteiger partial charge in [0.2, 0.25) is 0 Å². The molecular weight excluding hydrogens is 148 g/mol. The molecule has 61 valence electrons. The predicted octanol–water partition coefficient (Wildman–Crippen LogP) is 2.05. The normalized spacial score (nSPS) is 10.8. The highest BCUT2D eigenvalue weighted by Gasteiger charge is 1.96. The van der Waals surface area contributed by atoms with Crippen LogP contribution in [0.2, 0.25) is 0 Å². The Hall–Kier alpha value is -1.28. The predicted molar refractivity (Wildman–Crippen MR) is 50.5 cm³/mol. The number of benzene rings is 1. The highest BCUT2D eigenvalue weighted by atomic mass is 14.9. The summed E-state index contributed by atoms with van der Waals surface area (Å²) in [5, 5.41) is 4.12. The van der Waals surface area contributed by atoms with Gasteiger partial charge in [0, 0.05) is 24.8 Å². The van der Waals surface area contributed by atoms with Gasteiger partial charge in [0.15, 0.2) is 0 Å². The van der Waals surface area contributed by atoms with Crippen LogP contribution in [-0.4, -0.2) is 4.98 Å². The summed E-state index contributed by atoms with van der Waals surface area (Å²) in [4.78, 5) is 3.29. The SMILES string of the molecule is [CH2]NCc1cc2ccccc2[nH]1. The van der Waals surface area contributed by atoms with Crippen LogP contribution in [0, 0.1) is 7.05 Å². The molecule has 0 bridgehead atoms. The lowest BCUT2D eigenvalue weighted by atomic mass is 10.2. The van der Waals surface area contributed by atoms with E-state index in [1.807, 2.05) is 12.1 Å². The summed E-state index contributed by atoms with van der Waals surface area (Å²) in [6.07, 6.45) is 0. The second-order valence-electron chi connectivity index (χ2n) is 2.81. The van der Waals surface area contributed by atoms with Gasteiger partial charge in [0.05, 0.1) is 0 Å². The smallest absolute Gasteiger partial charge is 0.0456 e. The van der Waals surface area contributed by atoms with E-state index in [2.05, 4.69) is 35.5 Å². The maximum atomic E-state index is 3.58. The molecule has 0 fully saturated rings. The fourth-order valence-corrected chi connectivity index (χ4v) is 1.36. The summed E-state index contributed by atoms with van der Waals surface area (Å²) in [5.41, 5.74) is 2.36. The topological polar surface area (TPSA) is 27.8 Å². The van der Waals surface area contributed by atoms with Crippen molar-refractivity contribution in [3.05, 3.63) is 43.1 Å². The molecule has 0 aliphatic heterocycles. The van der Waals surface area contributed by atoms with Crippen LogP contribution in [0.15, 0.2) is 30.3 Å². The second kappa shape index (κ2) is 2.99. The minimum absolute atomic E-state index is 0.786. The summed E-state index contributed by atoms with van der Waals surface area (Å²) < 4.78 is 0. The zero-order valence-electron chi connectivity index (χ0n) is 6.80. The average molecular weight is 159 g/mol. The third-order valence-corrected chi connectivity index (χ3v) is 1.90. The zero-order chi connectivity index (χ0) is 8.39. The van der Waals surface area contributed by atoms with E-state index in [0.29, 0.717) is 0 Å². The van der Waals surface area contributed by atoms with Crippen molar-refractivity contribution in [1.29, 1.82) is 0 Å². The van der Waals surface area contributed by atoms with Gasteiger partial charge in [0.1, 0.15) is 0 Å². The summed E-state index contributed by atoms with van der Waals surface area (Å²) in [6.45, 7) is 0.786. The molecule has 2 aromatic rings. The van der Waals surface area contributed by atoms with Gasteiger partial charge in [0.25, 0.3) is 0 Å². The number of hydrogen-bond acceptors (Lipinski definition) is 1. The Morgan fingerprint density at radius 1 is 1.33 bits per heavy atom. The third kappa shape index (κ3) is 1.21. The maximum absolute atomic E-state index is 3.58. The molecule has 0 amide bonds.